The number of Topliss-reactive ketones (excluding diaryl/α,β-unsaturated/α-hetero) is 2. The lowest BCUT2D eigenvalue weighted by Crippen LogP contribution is -2.63. The molecule has 4 unspecified atom stereocenters. The Hall–Kier alpha value is -4.95. The summed E-state index contributed by atoms with van der Waals surface area (Å²) in [6, 6.07) is 5.24. The fourth-order valence-electron chi connectivity index (χ4n) is 6.70. The molecule has 0 spiro atoms. The van der Waals surface area contributed by atoms with Crippen LogP contribution < -0.4 is 20.7 Å². The second-order valence-electron chi connectivity index (χ2n) is 11.8. The predicted molar refractivity (Wildman–Crippen MR) is 157 cm³/mol. The molecule has 3 aliphatic rings. The number of likely N-dealkylation sites (N-methyl/N-ethyl adjacent to an activating group) is 1. The number of primary amides is 1. The van der Waals surface area contributed by atoms with Gasteiger partial charge < -0.3 is 41.1 Å². The van der Waals surface area contributed by atoms with Gasteiger partial charge in [-0.3, -0.25) is 19.3 Å². The summed E-state index contributed by atoms with van der Waals surface area (Å²) in [6.45, 7) is -0.289. The minimum Gasteiger partial charge on any atom is -0.510 e. The molecule has 238 valence electrons. The van der Waals surface area contributed by atoms with E-state index in [1.807, 2.05) is 0 Å². The molecule has 2 aromatic rings. The molecule has 0 aliphatic heterocycles. The zero-order chi connectivity index (χ0) is 33.1. The number of nitrogens with two attached hydrogens (primary N) is 1. The molecule has 2 amide bonds. The molecule has 14 heteroatoms. The number of aliphatic hydroxyl groups is 3. The molecule has 0 saturated heterocycles. The number of allylic oxidation sites excluding steroid dienone is 1. The summed E-state index contributed by atoms with van der Waals surface area (Å²) in [5, 5.41) is 48.0. The summed E-state index contributed by atoms with van der Waals surface area (Å²) in [4.78, 5) is 55.4. The minimum atomic E-state index is -2.76. The smallest absolute Gasteiger partial charge is 0.412 e. The highest BCUT2D eigenvalue weighted by Gasteiger charge is 2.63. The number of hydrogen-bond acceptors (Lipinski definition) is 11. The van der Waals surface area contributed by atoms with Crippen molar-refractivity contribution in [2.75, 3.05) is 33.1 Å². The van der Waals surface area contributed by atoms with Crippen LogP contribution in [0.2, 0.25) is 0 Å². The van der Waals surface area contributed by atoms with E-state index in [1.165, 1.54) is 17.0 Å². The van der Waals surface area contributed by atoms with E-state index in [2.05, 4.69) is 5.32 Å². The van der Waals surface area contributed by atoms with Gasteiger partial charge in [0, 0.05) is 43.4 Å². The normalized spacial score (nSPS) is 24.2. The van der Waals surface area contributed by atoms with Gasteiger partial charge in [0.2, 0.25) is 5.78 Å². The molecule has 0 saturated carbocycles. The standard InChI is InChI=1S/C31H33FN4O9/c1-35(2)19-11-14(12-34-30(43)45-16-7-5-15(32)6-8-16)24(37)21-17(19)9-13-10-18-23(36(3)4)26(39)22(29(33)42)28(41)31(18,44)27(40)20(13)25(21)38/h5-8,11,13,18,23,37,39-40,44H,9-10,12H2,1-4H3,(H2,33,42)(H,34,43). The third-order valence-electron chi connectivity index (χ3n) is 8.71. The summed E-state index contributed by atoms with van der Waals surface area (Å²) in [5.41, 5.74) is 2.34. The van der Waals surface area contributed by atoms with Gasteiger partial charge in [-0.15, -0.1) is 0 Å². The average molecular weight is 625 g/mol. The van der Waals surface area contributed by atoms with Crippen LogP contribution in [0.5, 0.6) is 11.5 Å². The van der Waals surface area contributed by atoms with Crippen molar-refractivity contribution in [1.82, 2.24) is 10.2 Å². The van der Waals surface area contributed by atoms with E-state index in [-0.39, 0.29) is 41.8 Å². The van der Waals surface area contributed by atoms with E-state index in [1.54, 1.807) is 39.2 Å². The number of nitrogens with zero attached hydrogens (tertiary/aromatic N) is 2. The molecule has 0 heterocycles. The van der Waals surface area contributed by atoms with Gasteiger partial charge in [0.1, 0.15) is 34.4 Å². The van der Waals surface area contributed by atoms with Crippen LogP contribution in [-0.2, 0) is 22.6 Å². The van der Waals surface area contributed by atoms with E-state index in [4.69, 9.17) is 10.5 Å². The quantitative estimate of drug-likeness (QED) is 0.255. The maximum Gasteiger partial charge on any atom is 0.412 e. The number of nitrogens with one attached hydrogen (secondary N) is 1. The number of ketones is 2. The predicted octanol–water partition coefficient (Wildman–Crippen LogP) is 1.61. The highest BCUT2D eigenvalue weighted by atomic mass is 19.1. The number of carbonyl (C=O) groups excluding carboxylic acids is 4. The maximum absolute atomic E-state index is 14.1. The Kier molecular flexibility index (Phi) is 7.83. The largest absolute Gasteiger partial charge is 0.510 e. The highest BCUT2D eigenvalue weighted by Crippen LogP contribution is 2.53. The van der Waals surface area contributed by atoms with Gasteiger partial charge in [0.15, 0.2) is 11.4 Å². The van der Waals surface area contributed by atoms with Crippen LogP contribution in [0, 0.1) is 17.7 Å². The summed E-state index contributed by atoms with van der Waals surface area (Å²) >= 11 is 0. The van der Waals surface area contributed by atoms with Crippen LogP contribution >= 0.6 is 0 Å². The van der Waals surface area contributed by atoms with Crippen LogP contribution in [0.15, 0.2) is 53.0 Å². The fraction of sp³-hybridized carbons (Fsp3) is 0.355. The van der Waals surface area contributed by atoms with Gasteiger partial charge in [0.05, 0.1) is 11.6 Å². The number of ether oxygens (including phenoxy) is 1. The van der Waals surface area contributed by atoms with E-state index >= 15 is 0 Å². The molecule has 45 heavy (non-hydrogen) atoms. The lowest BCUT2D eigenvalue weighted by Gasteiger charge is -2.50. The third kappa shape index (κ3) is 4.95. The van der Waals surface area contributed by atoms with Crippen molar-refractivity contribution in [1.29, 1.82) is 0 Å². The van der Waals surface area contributed by atoms with Crippen molar-refractivity contribution in [2.45, 2.75) is 31.0 Å². The Morgan fingerprint density at radius 2 is 1.76 bits per heavy atom. The molecule has 7 N–H and O–H groups in total. The first-order valence-corrected chi connectivity index (χ1v) is 14.0. The lowest BCUT2D eigenvalue weighted by atomic mass is 9.58. The topological polar surface area (TPSA) is 203 Å². The summed E-state index contributed by atoms with van der Waals surface area (Å²) in [6.07, 6.45) is -0.848. The van der Waals surface area contributed by atoms with E-state index in [0.717, 1.165) is 12.1 Å². The van der Waals surface area contributed by atoms with Crippen LogP contribution in [0.1, 0.15) is 27.9 Å². The molecule has 3 aliphatic carbocycles. The van der Waals surface area contributed by atoms with Crippen molar-refractivity contribution in [3.63, 3.8) is 0 Å². The van der Waals surface area contributed by atoms with Gasteiger partial charge in [-0.1, -0.05) is 0 Å². The Labute approximate surface area is 257 Å². The van der Waals surface area contributed by atoms with E-state index < -0.39 is 75.7 Å². The first-order chi connectivity index (χ1) is 21.1. The number of phenolic OH excluding ortho intramolecular Hbond substituents is 1. The molecule has 13 nitrogen and oxygen atoms in total. The molecule has 0 radical (unpaired) electrons. The number of amides is 2. The lowest BCUT2D eigenvalue weighted by molar-refractivity contribution is -0.148. The molecule has 0 aromatic heterocycles. The number of rotatable bonds is 6. The summed E-state index contributed by atoms with van der Waals surface area (Å²) < 4.78 is 18.3. The molecule has 5 rings (SSSR count). The number of benzene rings is 2. The van der Waals surface area contributed by atoms with E-state index in [0.29, 0.717) is 11.3 Å². The monoisotopic (exact) mass is 624 g/mol. The summed E-state index contributed by atoms with van der Waals surface area (Å²) in [5.74, 6) is -7.91. The van der Waals surface area contributed by atoms with E-state index in [9.17, 15) is 44.0 Å². The van der Waals surface area contributed by atoms with Gasteiger partial charge >= 0.3 is 6.09 Å². The van der Waals surface area contributed by atoms with Crippen LogP contribution in [-0.4, -0.2) is 88.7 Å². The second-order valence-corrected chi connectivity index (χ2v) is 11.8. The molecular weight excluding hydrogens is 591 g/mol. The van der Waals surface area contributed by atoms with Crippen LogP contribution in [0.25, 0.3) is 0 Å². The molecule has 4 atom stereocenters. The third-order valence-corrected chi connectivity index (χ3v) is 8.71. The Balaban J connectivity index is 1.56. The number of anilines is 1. The Bertz CT molecular complexity index is 1700. The first kappa shape index (κ1) is 31.5. The zero-order valence-corrected chi connectivity index (χ0v) is 24.9. The van der Waals surface area contributed by atoms with Crippen molar-refractivity contribution >= 4 is 29.3 Å². The number of hydrogen-bond donors (Lipinski definition) is 6. The highest BCUT2D eigenvalue weighted by molar-refractivity contribution is 6.25. The van der Waals surface area contributed by atoms with Crippen LogP contribution in [0.3, 0.4) is 0 Å². The summed E-state index contributed by atoms with van der Waals surface area (Å²) in [7, 11) is 6.55. The van der Waals surface area contributed by atoms with Crippen molar-refractivity contribution < 1.29 is 48.7 Å². The molecule has 0 fully saturated rings. The maximum atomic E-state index is 14.1. The van der Waals surface area contributed by atoms with Gasteiger partial charge in [0.25, 0.3) is 5.91 Å². The Morgan fingerprint density at radius 3 is 2.33 bits per heavy atom. The van der Waals surface area contributed by atoms with Gasteiger partial charge in [-0.2, -0.15) is 0 Å². The SMILES string of the molecule is CN(C)c1cc(CNC(=O)Oc2ccc(F)cc2)c(O)c2c1CC1CC3C(N(C)C)C(O)=C(C(N)=O)C(=O)C3(O)C(O)=C1C2=O. The average Bonchev–Trinajstić information content (AvgIpc) is 2.95. The Morgan fingerprint density at radius 1 is 1.11 bits per heavy atom. The molecular formula is C31H33FN4O9. The number of halogens is 1. The molecule has 2 aromatic carbocycles. The van der Waals surface area contributed by atoms with Crippen molar-refractivity contribution in [2.24, 2.45) is 17.6 Å². The molecule has 0 bridgehead atoms. The van der Waals surface area contributed by atoms with Crippen molar-refractivity contribution in [3.05, 3.63) is 75.5 Å². The zero-order valence-electron chi connectivity index (χ0n) is 24.9. The number of aliphatic hydroxyl groups excluding tert-OH is 2. The number of aromatic hydroxyl groups is 1. The minimum absolute atomic E-state index is 0.0437. The number of fused-ring (bicyclic) bond motifs is 3. The fourth-order valence-corrected chi connectivity index (χ4v) is 6.70. The van der Waals surface area contributed by atoms with Gasteiger partial charge in [-0.05, 0) is 68.8 Å². The van der Waals surface area contributed by atoms with Crippen molar-refractivity contribution in [3.8, 4) is 11.5 Å². The second kappa shape index (κ2) is 11.2. The first-order valence-electron chi connectivity index (χ1n) is 14.0. The number of phenols is 1. The number of carbonyl (C=O) groups is 4. The van der Waals surface area contributed by atoms with Gasteiger partial charge in [-0.25, -0.2) is 9.18 Å². The van der Waals surface area contributed by atoms with Crippen LogP contribution in [0.4, 0.5) is 14.9 Å².